The van der Waals surface area contributed by atoms with Crippen LogP contribution in [0.1, 0.15) is 6.92 Å². The van der Waals surface area contributed by atoms with Gasteiger partial charge in [0.2, 0.25) is 11.5 Å². The molecule has 0 fully saturated rings. The summed E-state index contributed by atoms with van der Waals surface area (Å²) in [6.07, 6.45) is 1.12. The molecule has 4 rings (SSSR count). The zero-order valence-electron chi connectivity index (χ0n) is 16.7. The zero-order valence-corrected chi connectivity index (χ0v) is 16.7. The highest BCUT2D eigenvalue weighted by atomic mass is 16.5. The fourth-order valence-electron chi connectivity index (χ4n) is 3.28. The highest BCUT2D eigenvalue weighted by molar-refractivity contribution is 5.88. The van der Waals surface area contributed by atoms with Crippen LogP contribution >= 0.6 is 0 Å². The van der Waals surface area contributed by atoms with Crippen molar-refractivity contribution in [2.45, 2.75) is 13.1 Å². The van der Waals surface area contributed by atoms with Crippen LogP contribution < -0.4 is 36.2 Å². The third kappa shape index (κ3) is 3.93. The van der Waals surface area contributed by atoms with Gasteiger partial charge in [0.25, 0.3) is 0 Å². The van der Waals surface area contributed by atoms with Gasteiger partial charge in [-0.15, -0.1) is 0 Å². The number of carbonyl (C=O) groups excluding carboxylic acids is 1. The van der Waals surface area contributed by atoms with Crippen molar-refractivity contribution in [3.63, 3.8) is 0 Å². The van der Waals surface area contributed by atoms with Crippen molar-refractivity contribution in [3.8, 4) is 11.5 Å². The van der Waals surface area contributed by atoms with E-state index < -0.39 is 6.17 Å². The van der Waals surface area contributed by atoms with Gasteiger partial charge in [0.15, 0.2) is 6.17 Å². The van der Waals surface area contributed by atoms with Gasteiger partial charge in [-0.1, -0.05) is 6.07 Å². The Labute approximate surface area is 173 Å². The monoisotopic (exact) mass is 406 g/mol. The van der Waals surface area contributed by atoms with Crippen LogP contribution in [0.15, 0.2) is 70.3 Å². The highest BCUT2D eigenvalue weighted by Gasteiger charge is 2.26. The summed E-state index contributed by atoms with van der Waals surface area (Å²) in [6, 6.07) is 16.5. The third-order valence-corrected chi connectivity index (χ3v) is 4.65. The van der Waals surface area contributed by atoms with E-state index in [1.165, 1.54) is 6.92 Å². The first-order chi connectivity index (χ1) is 14.5. The Hall–Kier alpha value is -3.94. The van der Waals surface area contributed by atoms with E-state index in [9.17, 15) is 4.79 Å². The molecule has 0 spiro atoms. The van der Waals surface area contributed by atoms with Crippen molar-refractivity contribution >= 4 is 23.1 Å². The van der Waals surface area contributed by atoms with Crippen LogP contribution in [0.4, 0.5) is 11.4 Å². The molecule has 30 heavy (non-hydrogen) atoms. The average molecular weight is 406 g/mol. The lowest BCUT2D eigenvalue weighted by Crippen LogP contribution is -2.49. The normalized spacial score (nSPS) is 15.2. The number of ether oxygens (including phenoxy) is 2. The number of anilines is 2. The first-order valence-electron chi connectivity index (χ1n) is 9.40. The second kappa shape index (κ2) is 8.20. The fraction of sp³-hybridized carbons (Fsp3) is 0.182. The topological polar surface area (TPSA) is 102 Å². The Bertz CT molecular complexity index is 1170. The van der Waals surface area contributed by atoms with E-state index in [0.29, 0.717) is 22.8 Å². The summed E-state index contributed by atoms with van der Waals surface area (Å²) in [6.45, 7) is 1.68. The molecule has 8 nitrogen and oxygen atoms in total. The number of fused-ring (bicyclic) bond motifs is 1. The number of rotatable bonds is 6. The summed E-state index contributed by atoms with van der Waals surface area (Å²) in [7, 11) is 1.62. The molecule has 0 saturated carbocycles. The summed E-state index contributed by atoms with van der Waals surface area (Å²) >= 11 is 0. The molecule has 0 bridgehead atoms. The van der Waals surface area contributed by atoms with Gasteiger partial charge in [0.1, 0.15) is 23.9 Å². The van der Waals surface area contributed by atoms with E-state index >= 15 is 0 Å². The number of methoxy groups -OCH3 is 1. The number of hydrogen-bond acceptors (Lipinski definition) is 7. The molecule has 0 saturated heterocycles. The maximum Gasteiger partial charge on any atom is 0.227 e. The average Bonchev–Trinajstić information content (AvgIpc) is 3.21. The number of furan rings is 1. The van der Waals surface area contributed by atoms with Crippen LogP contribution in [-0.4, -0.2) is 25.8 Å². The Kier molecular flexibility index (Phi) is 5.30. The van der Waals surface area contributed by atoms with E-state index in [1.807, 2.05) is 41.3 Å². The number of nitrogens with zero attached hydrogens (tertiary/aromatic N) is 2. The molecule has 1 aromatic heterocycles. The summed E-state index contributed by atoms with van der Waals surface area (Å²) in [4.78, 5) is 17.9. The molecule has 1 unspecified atom stereocenters. The van der Waals surface area contributed by atoms with Crippen molar-refractivity contribution in [2.24, 2.45) is 10.7 Å². The first-order valence-corrected chi connectivity index (χ1v) is 9.40. The molecule has 3 N–H and O–H groups in total. The first kappa shape index (κ1) is 19.4. The van der Waals surface area contributed by atoms with E-state index in [0.717, 1.165) is 16.7 Å². The van der Waals surface area contributed by atoms with E-state index in [-0.39, 0.29) is 12.5 Å². The third-order valence-electron chi connectivity index (χ3n) is 4.65. The van der Waals surface area contributed by atoms with Crippen LogP contribution in [0.5, 0.6) is 11.5 Å². The highest BCUT2D eigenvalue weighted by Crippen LogP contribution is 2.26. The van der Waals surface area contributed by atoms with Gasteiger partial charge in [-0.05, 0) is 42.5 Å². The summed E-state index contributed by atoms with van der Waals surface area (Å²) < 4.78 is 16.7. The van der Waals surface area contributed by atoms with Crippen LogP contribution in [-0.2, 0) is 4.79 Å². The molecule has 1 aliphatic rings. The van der Waals surface area contributed by atoms with Gasteiger partial charge in [0, 0.05) is 24.4 Å². The van der Waals surface area contributed by atoms with E-state index in [4.69, 9.17) is 19.6 Å². The van der Waals surface area contributed by atoms with Gasteiger partial charge < -0.3 is 29.8 Å². The Morgan fingerprint density at radius 1 is 1.20 bits per heavy atom. The lowest BCUT2D eigenvalue weighted by Gasteiger charge is -2.32. The second-order valence-corrected chi connectivity index (χ2v) is 6.72. The van der Waals surface area contributed by atoms with Crippen LogP contribution in [0.25, 0.3) is 5.82 Å². The maximum atomic E-state index is 11.3. The quantitative estimate of drug-likeness (QED) is 0.647. The van der Waals surface area contributed by atoms with Crippen molar-refractivity contribution in [2.75, 3.05) is 23.9 Å². The minimum Gasteiger partial charge on any atom is -0.497 e. The zero-order chi connectivity index (χ0) is 21.1. The lowest BCUT2D eigenvalue weighted by molar-refractivity contribution is -0.114. The molecule has 8 heteroatoms. The number of benzene rings is 2. The molecule has 1 amide bonds. The predicted octanol–water partition coefficient (Wildman–Crippen LogP) is 1.82. The number of nitrogens with one attached hydrogen (secondary N) is 1. The molecule has 2 heterocycles. The summed E-state index contributed by atoms with van der Waals surface area (Å²) in [5, 5.41) is 3.47. The molecule has 0 radical (unpaired) electrons. The van der Waals surface area contributed by atoms with Gasteiger partial charge in [-0.2, -0.15) is 0 Å². The lowest BCUT2D eigenvalue weighted by atomic mass is 10.2. The summed E-state index contributed by atoms with van der Waals surface area (Å²) in [5.74, 6) is 1.74. The smallest absolute Gasteiger partial charge is 0.227 e. The Morgan fingerprint density at radius 3 is 2.73 bits per heavy atom. The van der Waals surface area contributed by atoms with Crippen molar-refractivity contribution in [3.05, 3.63) is 71.6 Å². The number of amides is 1. The predicted molar refractivity (Wildman–Crippen MR) is 113 cm³/mol. The van der Waals surface area contributed by atoms with E-state index in [1.54, 1.807) is 31.6 Å². The second-order valence-electron chi connectivity index (χ2n) is 6.72. The molecular weight excluding hydrogens is 384 g/mol. The molecule has 1 atom stereocenters. The molecule has 0 aliphatic carbocycles. The van der Waals surface area contributed by atoms with Gasteiger partial charge >= 0.3 is 0 Å². The van der Waals surface area contributed by atoms with Crippen LogP contribution in [0, 0.1) is 0 Å². The summed E-state index contributed by atoms with van der Waals surface area (Å²) in [5.41, 5.74) is 8.45. The molecule has 2 aromatic carbocycles. The molecular formula is C22H22N4O4. The SMILES string of the molecule is COc1ccc(N2C(N)=c3ccoc3=NC2COc2cccc(NC(C)=O)c2)cc1. The van der Waals surface area contributed by atoms with Crippen molar-refractivity contribution in [1.29, 1.82) is 0 Å². The van der Waals surface area contributed by atoms with Gasteiger partial charge in [0.05, 0.1) is 18.6 Å². The fourth-order valence-corrected chi connectivity index (χ4v) is 3.28. The maximum absolute atomic E-state index is 11.3. The van der Waals surface area contributed by atoms with Crippen molar-refractivity contribution in [1.82, 2.24) is 0 Å². The molecule has 3 aromatic rings. The number of hydrogen-bond donors (Lipinski definition) is 2. The molecule has 154 valence electrons. The largest absolute Gasteiger partial charge is 0.497 e. The Morgan fingerprint density at radius 2 is 2.00 bits per heavy atom. The molecule has 1 aliphatic heterocycles. The van der Waals surface area contributed by atoms with Crippen LogP contribution in [0.2, 0.25) is 0 Å². The van der Waals surface area contributed by atoms with Gasteiger partial charge in [-0.3, -0.25) is 4.79 Å². The standard InChI is InChI=1S/C22H22N4O4/c1-14(27)24-15-4-3-5-18(12-15)30-13-20-25-22-19(10-11-29-22)21(23)26(20)16-6-8-17(28-2)9-7-16/h3-12,20H,13,23H2,1-2H3,(H,24,27). The minimum atomic E-state index is -0.443. The van der Waals surface area contributed by atoms with E-state index in [2.05, 4.69) is 10.3 Å². The number of carbonyl (C=O) groups is 1. The van der Waals surface area contributed by atoms with Crippen LogP contribution in [0.3, 0.4) is 0 Å². The van der Waals surface area contributed by atoms with Gasteiger partial charge in [-0.25, -0.2) is 4.99 Å². The number of nitrogens with two attached hydrogens (primary N) is 1. The Balaban J connectivity index is 1.62. The van der Waals surface area contributed by atoms with Crippen molar-refractivity contribution < 1.29 is 18.7 Å². The minimum absolute atomic E-state index is 0.146.